The number of ether oxygens (including phenoxy) is 1. The van der Waals surface area contributed by atoms with E-state index in [4.69, 9.17) is 4.74 Å². The molecule has 0 bridgehead atoms. The molecule has 1 unspecified atom stereocenters. The molecule has 1 atom stereocenters. The third-order valence-electron chi connectivity index (χ3n) is 4.07. The van der Waals surface area contributed by atoms with Crippen molar-refractivity contribution in [3.63, 3.8) is 0 Å². The van der Waals surface area contributed by atoms with Gasteiger partial charge in [0.1, 0.15) is 6.10 Å². The van der Waals surface area contributed by atoms with Crippen molar-refractivity contribution < 1.29 is 4.74 Å². The highest BCUT2D eigenvalue weighted by molar-refractivity contribution is 7.10. The zero-order valence-electron chi connectivity index (χ0n) is 14.8. The van der Waals surface area contributed by atoms with E-state index >= 15 is 0 Å². The number of aromatic nitrogens is 2. The molecule has 3 aromatic rings. The van der Waals surface area contributed by atoms with Gasteiger partial charge in [0.15, 0.2) is 0 Å². The summed E-state index contributed by atoms with van der Waals surface area (Å²) in [6, 6.07) is 16.8. The number of rotatable bonds is 9. The van der Waals surface area contributed by atoms with E-state index in [9.17, 15) is 0 Å². The first-order valence-electron chi connectivity index (χ1n) is 8.62. The second kappa shape index (κ2) is 8.94. The number of aromatic amines is 1. The van der Waals surface area contributed by atoms with Gasteiger partial charge in [0.2, 0.25) is 0 Å². The maximum atomic E-state index is 6.20. The fourth-order valence-electron chi connectivity index (χ4n) is 2.85. The van der Waals surface area contributed by atoms with Gasteiger partial charge < -0.3 is 9.64 Å². The van der Waals surface area contributed by atoms with Crippen LogP contribution < -0.4 is 0 Å². The van der Waals surface area contributed by atoms with E-state index < -0.39 is 0 Å². The molecule has 1 N–H and O–H groups in total. The fourth-order valence-corrected chi connectivity index (χ4v) is 3.64. The maximum Gasteiger partial charge on any atom is 0.133 e. The Labute approximate surface area is 153 Å². The minimum absolute atomic E-state index is 0.0550. The monoisotopic (exact) mass is 355 g/mol. The predicted octanol–water partition coefficient (Wildman–Crippen LogP) is 4.41. The van der Waals surface area contributed by atoms with Crippen LogP contribution in [0.5, 0.6) is 0 Å². The van der Waals surface area contributed by atoms with Gasteiger partial charge in [-0.2, -0.15) is 5.10 Å². The van der Waals surface area contributed by atoms with Gasteiger partial charge >= 0.3 is 0 Å². The SMILES string of the molecule is Cc1cc(C(OCCCN(C)Cc2ccccc2)c2cccs2)[nH]n1. The molecule has 0 saturated heterocycles. The number of benzene rings is 1. The second-order valence-electron chi connectivity index (χ2n) is 6.31. The summed E-state index contributed by atoms with van der Waals surface area (Å²) in [6.07, 6.45) is 0.943. The predicted molar refractivity (Wildman–Crippen MR) is 103 cm³/mol. The smallest absolute Gasteiger partial charge is 0.133 e. The Morgan fingerprint density at radius 3 is 2.72 bits per heavy atom. The Balaban J connectivity index is 1.49. The Kier molecular flexibility index (Phi) is 6.39. The first-order chi connectivity index (χ1) is 12.2. The highest BCUT2D eigenvalue weighted by Gasteiger charge is 2.18. The minimum Gasteiger partial charge on any atom is -0.366 e. The first-order valence-corrected chi connectivity index (χ1v) is 9.50. The molecule has 25 heavy (non-hydrogen) atoms. The molecule has 2 heterocycles. The van der Waals surface area contributed by atoms with Crippen LogP contribution in [0.3, 0.4) is 0 Å². The topological polar surface area (TPSA) is 41.1 Å². The summed E-state index contributed by atoms with van der Waals surface area (Å²) in [6.45, 7) is 4.69. The molecule has 5 heteroatoms. The highest BCUT2D eigenvalue weighted by atomic mass is 32.1. The summed E-state index contributed by atoms with van der Waals surface area (Å²) in [5.74, 6) is 0. The van der Waals surface area contributed by atoms with Crippen LogP contribution in [0.2, 0.25) is 0 Å². The zero-order valence-corrected chi connectivity index (χ0v) is 15.6. The summed E-state index contributed by atoms with van der Waals surface area (Å²) in [5.41, 5.74) is 3.36. The lowest BCUT2D eigenvalue weighted by atomic mass is 10.2. The van der Waals surface area contributed by atoms with Gasteiger partial charge in [0, 0.05) is 24.6 Å². The average Bonchev–Trinajstić information content (AvgIpc) is 3.28. The molecule has 0 aliphatic heterocycles. The lowest BCUT2D eigenvalue weighted by Crippen LogP contribution is -2.20. The van der Waals surface area contributed by atoms with Crippen LogP contribution >= 0.6 is 11.3 Å². The minimum atomic E-state index is -0.0550. The molecule has 3 rings (SSSR count). The summed E-state index contributed by atoms with van der Waals surface area (Å²) in [4.78, 5) is 3.54. The van der Waals surface area contributed by atoms with Crippen LogP contribution in [0.4, 0.5) is 0 Å². The van der Waals surface area contributed by atoms with Crippen molar-refractivity contribution >= 4 is 11.3 Å². The van der Waals surface area contributed by atoms with Crippen LogP contribution in [0.15, 0.2) is 53.9 Å². The Bertz CT molecular complexity index is 739. The quantitative estimate of drug-likeness (QED) is 0.578. The van der Waals surface area contributed by atoms with Gasteiger partial charge in [-0.25, -0.2) is 0 Å². The molecule has 1 aromatic carbocycles. The molecular weight excluding hydrogens is 330 g/mol. The molecule has 2 aromatic heterocycles. The number of nitrogens with zero attached hydrogens (tertiary/aromatic N) is 2. The summed E-state index contributed by atoms with van der Waals surface area (Å²) in [7, 11) is 2.15. The van der Waals surface area contributed by atoms with Gasteiger partial charge in [-0.3, -0.25) is 5.10 Å². The number of thiophene rings is 1. The van der Waals surface area contributed by atoms with E-state index in [0.29, 0.717) is 0 Å². The van der Waals surface area contributed by atoms with E-state index in [2.05, 4.69) is 76.1 Å². The van der Waals surface area contributed by atoms with Crippen molar-refractivity contribution in [1.82, 2.24) is 15.1 Å². The standard InChI is InChI=1S/C20H25N3OS/c1-16-14-18(22-21-16)20(19-10-6-13-25-19)24-12-7-11-23(2)15-17-8-4-3-5-9-17/h3-6,8-10,13-14,20H,7,11-12,15H2,1-2H3,(H,21,22). The van der Waals surface area contributed by atoms with Crippen molar-refractivity contribution in [3.8, 4) is 0 Å². The third kappa shape index (κ3) is 5.26. The number of aryl methyl sites for hydroxylation is 1. The zero-order chi connectivity index (χ0) is 17.5. The van der Waals surface area contributed by atoms with E-state index in [0.717, 1.165) is 37.5 Å². The molecule has 0 aliphatic rings. The van der Waals surface area contributed by atoms with Gasteiger partial charge in [-0.15, -0.1) is 11.3 Å². The average molecular weight is 356 g/mol. The van der Waals surface area contributed by atoms with E-state index in [1.54, 1.807) is 11.3 Å². The second-order valence-corrected chi connectivity index (χ2v) is 7.29. The lowest BCUT2D eigenvalue weighted by Gasteiger charge is -2.19. The van der Waals surface area contributed by atoms with Crippen molar-refractivity contribution in [2.24, 2.45) is 0 Å². The molecule has 0 fully saturated rings. The molecule has 0 aliphatic carbocycles. The lowest BCUT2D eigenvalue weighted by molar-refractivity contribution is 0.0723. The van der Waals surface area contributed by atoms with Crippen molar-refractivity contribution in [1.29, 1.82) is 0 Å². The Hall–Kier alpha value is -1.95. The number of H-pyrrole nitrogens is 1. The highest BCUT2D eigenvalue weighted by Crippen LogP contribution is 2.28. The molecule has 0 radical (unpaired) electrons. The van der Waals surface area contributed by atoms with Gasteiger partial charge in [-0.1, -0.05) is 36.4 Å². The summed E-state index contributed by atoms with van der Waals surface area (Å²) < 4.78 is 6.20. The maximum absolute atomic E-state index is 6.20. The largest absolute Gasteiger partial charge is 0.366 e. The Morgan fingerprint density at radius 2 is 2.04 bits per heavy atom. The van der Waals surface area contributed by atoms with Crippen LogP contribution in [0.1, 0.15) is 34.4 Å². The van der Waals surface area contributed by atoms with Crippen molar-refractivity contribution in [3.05, 3.63) is 75.7 Å². The molecule has 132 valence electrons. The summed E-state index contributed by atoms with van der Waals surface area (Å²) in [5, 5.41) is 9.43. The fraction of sp³-hybridized carbons (Fsp3) is 0.350. The van der Waals surface area contributed by atoms with Crippen molar-refractivity contribution in [2.45, 2.75) is 26.0 Å². The van der Waals surface area contributed by atoms with Crippen LogP contribution in [0, 0.1) is 6.92 Å². The third-order valence-corrected chi connectivity index (χ3v) is 4.99. The number of nitrogens with one attached hydrogen (secondary N) is 1. The summed E-state index contributed by atoms with van der Waals surface area (Å²) >= 11 is 1.72. The van der Waals surface area contributed by atoms with Crippen molar-refractivity contribution in [2.75, 3.05) is 20.2 Å². The van der Waals surface area contributed by atoms with E-state index in [-0.39, 0.29) is 6.10 Å². The first kappa shape index (κ1) is 17.9. The van der Waals surface area contributed by atoms with Crippen LogP contribution in [-0.4, -0.2) is 35.3 Å². The van der Waals surface area contributed by atoms with Gasteiger partial charge in [-0.05, 0) is 43.5 Å². The molecule has 0 saturated carbocycles. The molecule has 4 nitrogen and oxygen atoms in total. The van der Waals surface area contributed by atoms with Gasteiger partial charge in [0.05, 0.1) is 11.4 Å². The molecule has 0 amide bonds. The van der Waals surface area contributed by atoms with Crippen LogP contribution in [0.25, 0.3) is 0 Å². The van der Waals surface area contributed by atoms with Crippen LogP contribution in [-0.2, 0) is 11.3 Å². The number of hydrogen-bond acceptors (Lipinski definition) is 4. The van der Waals surface area contributed by atoms with Gasteiger partial charge in [0.25, 0.3) is 0 Å². The Morgan fingerprint density at radius 1 is 1.20 bits per heavy atom. The molecule has 0 spiro atoms. The van der Waals surface area contributed by atoms with E-state index in [1.165, 1.54) is 10.4 Å². The normalized spacial score (nSPS) is 12.6. The molecular formula is C20H25N3OS. The van der Waals surface area contributed by atoms with E-state index in [1.807, 2.05) is 6.92 Å². The number of hydrogen-bond donors (Lipinski definition) is 1.